The standard InChI is InChI=1S/C25H29ClN2O2/c1-18-6-3-9-23-24(19(2)29)17-28(25(18)23)13-5-12-27-14-10-21(11-15-27)30-22-8-4-7-20(26)16-22/h3-4,6-9,16-17,21H,5,10-15H2,1-2H3. The molecular formula is C25H29ClN2O2. The van der Waals surface area contributed by atoms with E-state index >= 15 is 0 Å². The highest BCUT2D eigenvalue weighted by molar-refractivity contribution is 6.30. The van der Waals surface area contributed by atoms with Crippen molar-refractivity contribution in [1.82, 2.24) is 9.47 Å². The van der Waals surface area contributed by atoms with Crippen molar-refractivity contribution in [2.45, 2.75) is 45.8 Å². The summed E-state index contributed by atoms with van der Waals surface area (Å²) in [5, 5.41) is 1.78. The first kappa shape index (κ1) is 21.0. The summed E-state index contributed by atoms with van der Waals surface area (Å²) in [7, 11) is 0. The van der Waals surface area contributed by atoms with Crippen LogP contribution in [-0.4, -0.2) is 41.0 Å². The van der Waals surface area contributed by atoms with Crippen LogP contribution in [0.4, 0.5) is 0 Å². The molecule has 1 aromatic heterocycles. The molecule has 0 spiro atoms. The third kappa shape index (κ3) is 4.71. The van der Waals surface area contributed by atoms with E-state index in [9.17, 15) is 4.79 Å². The molecule has 1 saturated heterocycles. The zero-order valence-electron chi connectivity index (χ0n) is 17.7. The lowest BCUT2D eigenvalue weighted by atomic mass is 10.1. The molecule has 4 rings (SSSR count). The Bertz CT molecular complexity index is 1030. The van der Waals surface area contributed by atoms with E-state index in [1.165, 1.54) is 11.1 Å². The van der Waals surface area contributed by atoms with Gasteiger partial charge >= 0.3 is 0 Å². The molecule has 2 heterocycles. The fourth-order valence-electron chi connectivity index (χ4n) is 4.45. The van der Waals surface area contributed by atoms with Crippen LogP contribution in [0.3, 0.4) is 0 Å². The maximum absolute atomic E-state index is 12.0. The topological polar surface area (TPSA) is 34.5 Å². The molecule has 5 heteroatoms. The molecule has 0 radical (unpaired) electrons. The highest BCUT2D eigenvalue weighted by atomic mass is 35.5. The van der Waals surface area contributed by atoms with Crippen molar-refractivity contribution in [3.8, 4) is 5.75 Å². The number of rotatable bonds is 7. The first-order chi connectivity index (χ1) is 14.5. The first-order valence-electron chi connectivity index (χ1n) is 10.8. The van der Waals surface area contributed by atoms with Crippen LogP contribution in [0.1, 0.15) is 42.1 Å². The maximum Gasteiger partial charge on any atom is 0.161 e. The number of ether oxygens (including phenoxy) is 1. The zero-order chi connectivity index (χ0) is 21.1. The van der Waals surface area contributed by atoms with Crippen LogP contribution in [0.15, 0.2) is 48.7 Å². The number of Topliss-reactive ketones (excluding diaryl/α,β-unsaturated/α-hetero) is 1. The number of nitrogens with zero attached hydrogens (tertiary/aromatic N) is 2. The quantitative estimate of drug-likeness (QED) is 0.453. The average Bonchev–Trinajstić information content (AvgIpc) is 3.10. The molecule has 158 valence electrons. The molecule has 0 aliphatic carbocycles. The van der Waals surface area contributed by atoms with Crippen LogP contribution in [0.5, 0.6) is 5.75 Å². The second-order valence-electron chi connectivity index (χ2n) is 8.23. The molecule has 1 aliphatic heterocycles. The van der Waals surface area contributed by atoms with Gasteiger partial charge in [0.1, 0.15) is 11.9 Å². The van der Waals surface area contributed by atoms with Crippen LogP contribution in [0, 0.1) is 6.92 Å². The Morgan fingerprint density at radius 3 is 2.63 bits per heavy atom. The van der Waals surface area contributed by atoms with E-state index in [2.05, 4.69) is 28.5 Å². The monoisotopic (exact) mass is 424 g/mol. The second kappa shape index (κ2) is 9.23. The molecule has 4 nitrogen and oxygen atoms in total. The molecule has 30 heavy (non-hydrogen) atoms. The number of aryl methyl sites for hydroxylation is 2. The largest absolute Gasteiger partial charge is 0.490 e. The van der Waals surface area contributed by atoms with Crippen LogP contribution in [0.2, 0.25) is 5.02 Å². The number of carbonyl (C=O) groups is 1. The summed E-state index contributed by atoms with van der Waals surface area (Å²) in [6.45, 7) is 7.85. The Morgan fingerprint density at radius 1 is 1.13 bits per heavy atom. The first-order valence-corrected chi connectivity index (χ1v) is 11.1. The number of fused-ring (bicyclic) bond motifs is 1. The Balaban J connectivity index is 1.30. The molecular weight excluding hydrogens is 396 g/mol. The van der Waals surface area contributed by atoms with Crippen molar-refractivity contribution in [1.29, 1.82) is 0 Å². The summed E-state index contributed by atoms with van der Waals surface area (Å²) in [4.78, 5) is 14.6. The molecule has 1 aliphatic rings. The van der Waals surface area contributed by atoms with Crippen molar-refractivity contribution >= 4 is 28.3 Å². The molecule has 1 fully saturated rings. The van der Waals surface area contributed by atoms with Gasteiger partial charge in [-0.3, -0.25) is 4.79 Å². The number of para-hydroxylation sites is 1. The zero-order valence-corrected chi connectivity index (χ0v) is 18.5. The molecule has 0 amide bonds. The van der Waals surface area contributed by atoms with Gasteiger partial charge < -0.3 is 14.2 Å². The van der Waals surface area contributed by atoms with E-state index in [1.54, 1.807) is 6.92 Å². The predicted octanol–water partition coefficient (Wildman–Crippen LogP) is 5.74. The van der Waals surface area contributed by atoms with Gasteiger partial charge in [-0.15, -0.1) is 0 Å². The van der Waals surface area contributed by atoms with Gasteiger partial charge in [0.05, 0.1) is 5.52 Å². The van der Waals surface area contributed by atoms with Crippen LogP contribution in [-0.2, 0) is 6.54 Å². The number of hydrogen-bond acceptors (Lipinski definition) is 3. The van der Waals surface area contributed by atoms with Gasteiger partial charge in [0.25, 0.3) is 0 Å². The highest BCUT2D eigenvalue weighted by Gasteiger charge is 2.20. The number of benzene rings is 2. The minimum atomic E-state index is 0.131. The van der Waals surface area contributed by atoms with Gasteiger partial charge in [0, 0.05) is 41.8 Å². The number of piperidine rings is 1. The van der Waals surface area contributed by atoms with E-state index in [-0.39, 0.29) is 11.9 Å². The third-order valence-corrected chi connectivity index (χ3v) is 6.22. The summed E-state index contributed by atoms with van der Waals surface area (Å²) >= 11 is 6.05. The number of carbonyl (C=O) groups excluding carboxylic acids is 1. The summed E-state index contributed by atoms with van der Waals surface area (Å²) in [5.74, 6) is 0.989. The van der Waals surface area contributed by atoms with E-state index in [4.69, 9.17) is 16.3 Å². The van der Waals surface area contributed by atoms with E-state index in [1.807, 2.05) is 36.5 Å². The molecule has 0 bridgehead atoms. The van der Waals surface area contributed by atoms with Crippen molar-refractivity contribution in [3.63, 3.8) is 0 Å². The fourth-order valence-corrected chi connectivity index (χ4v) is 4.63. The molecule has 0 saturated carbocycles. The Labute approximate surface area is 183 Å². The van der Waals surface area contributed by atoms with Gasteiger partial charge in [0.15, 0.2) is 5.78 Å². The van der Waals surface area contributed by atoms with Crippen molar-refractivity contribution < 1.29 is 9.53 Å². The van der Waals surface area contributed by atoms with Crippen LogP contribution < -0.4 is 4.74 Å². The summed E-state index contributed by atoms with van der Waals surface area (Å²) < 4.78 is 8.36. The Hall–Kier alpha value is -2.30. The highest BCUT2D eigenvalue weighted by Crippen LogP contribution is 2.26. The smallest absolute Gasteiger partial charge is 0.161 e. The molecule has 3 aromatic rings. The van der Waals surface area contributed by atoms with Crippen LogP contribution in [0.25, 0.3) is 10.9 Å². The fraction of sp³-hybridized carbons (Fsp3) is 0.400. The number of aromatic nitrogens is 1. The average molecular weight is 425 g/mol. The lowest BCUT2D eigenvalue weighted by Crippen LogP contribution is -2.38. The van der Waals surface area contributed by atoms with E-state index in [0.717, 1.165) is 62.1 Å². The normalized spacial score (nSPS) is 15.6. The SMILES string of the molecule is CC(=O)c1cn(CCCN2CCC(Oc3cccc(Cl)c3)CC2)c2c(C)cccc12. The number of ketones is 1. The minimum absolute atomic E-state index is 0.131. The van der Waals surface area contributed by atoms with Gasteiger partial charge in [-0.25, -0.2) is 0 Å². The van der Waals surface area contributed by atoms with Gasteiger partial charge in [0.2, 0.25) is 0 Å². The molecule has 0 unspecified atom stereocenters. The predicted molar refractivity (Wildman–Crippen MR) is 123 cm³/mol. The third-order valence-electron chi connectivity index (χ3n) is 5.99. The van der Waals surface area contributed by atoms with Gasteiger partial charge in [-0.1, -0.05) is 35.9 Å². The summed E-state index contributed by atoms with van der Waals surface area (Å²) in [6, 6.07) is 13.9. The molecule has 0 N–H and O–H groups in total. The maximum atomic E-state index is 12.0. The number of halogens is 1. The van der Waals surface area contributed by atoms with Crippen molar-refractivity contribution in [3.05, 3.63) is 64.8 Å². The Morgan fingerprint density at radius 2 is 1.90 bits per heavy atom. The lowest BCUT2D eigenvalue weighted by Gasteiger charge is -2.32. The summed E-state index contributed by atoms with van der Waals surface area (Å²) in [5.41, 5.74) is 3.24. The lowest BCUT2D eigenvalue weighted by molar-refractivity contribution is 0.0993. The van der Waals surface area contributed by atoms with Crippen molar-refractivity contribution in [2.75, 3.05) is 19.6 Å². The minimum Gasteiger partial charge on any atom is -0.490 e. The van der Waals surface area contributed by atoms with Crippen LogP contribution >= 0.6 is 11.6 Å². The summed E-state index contributed by atoms with van der Waals surface area (Å²) in [6.07, 6.45) is 5.42. The second-order valence-corrected chi connectivity index (χ2v) is 8.67. The Kier molecular flexibility index (Phi) is 6.45. The van der Waals surface area contributed by atoms with E-state index < -0.39 is 0 Å². The molecule has 0 atom stereocenters. The molecule has 2 aromatic carbocycles. The number of likely N-dealkylation sites (tertiary alicyclic amines) is 1. The van der Waals surface area contributed by atoms with Gasteiger partial charge in [-0.05, 0) is 63.4 Å². The van der Waals surface area contributed by atoms with E-state index in [0.29, 0.717) is 5.02 Å². The number of hydrogen-bond donors (Lipinski definition) is 0. The van der Waals surface area contributed by atoms with Gasteiger partial charge in [-0.2, -0.15) is 0 Å². The van der Waals surface area contributed by atoms with Crippen molar-refractivity contribution in [2.24, 2.45) is 0 Å².